The molecule has 33 heavy (non-hydrogen) atoms. The van der Waals surface area contributed by atoms with Crippen LogP contribution in [0.5, 0.6) is 11.5 Å². The number of hydrogen-bond acceptors (Lipinski definition) is 6. The fourth-order valence-electron chi connectivity index (χ4n) is 4.24. The second-order valence-electron chi connectivity index (χ2n) is 7.93. The van der Waals surface area contributed by atoms with Crippen LogP contribution in [0.25, 0.3) is 5.76 Å². The number of fused-ring (bicyclic) bond motifs is 1. The van der Waals surface area contributed by atoms with Crippen molar-refractivity contribution in [2.45, 2.75) is 19.9 Å². The molecule has 4 rings (SSSR count). The second-order valence-corrected chi connectivity index (χ2v) is 9.17. The van der Waals surface area contributed by atoms with Gasteiger partial charge >= 0.3 is 0 Å². The first kappa shape index (κ1) is 23.6. The number of rotatable bonds is 7. The van der Waals surface area contributed by atoms with E-state index in [0.717, 1.165) is 22.2 Å². The number of amides is 1. The molecule has 1 unspecified atom stereocenters. The van der Waals surface area contributed by atoms with Crippen LogP contribution in [-0.2, 0) is 9.59 Å². The number of hydrogen-bond donors (Lipinski definition) is 1. The SMILES string of the molecule is CCN(CC)CCN1C(=O)C(=O)/C(=C(/O)c2ccc3c(c2)OCCO3)C1c1ccc(I)cc1. The quantitative estimate of drug-likeness (QED) is 0.239. The zero-order valence-corrected chi connectivity index (χ0v) is 20.9. The highest BCUT2D eigenvalue weighted by atomic mass is 127. The van der Waals surface area contributed by atoms with Crippen LogP contribution in [0.1, 0.15) is 31.0 Å². The third-order valence-electron chi connectivity index (χ3n) is 6.09. The van der Waals surface area contributed by atoms with Gasteiger partial charge in [-0.15, -0.1) is 0 Å². The Morgan fingerprint density at radius 3 is 2.39 bits per heavy atom. The van der Waals surface area contributed by atoms with Crippen molar-refractivity contribution in [3.63, 3.8) is 0 Å². The predicted octanol–water partition coefficient (Wildman–Crippen LogP) is 3.83. The molecule has 7 nitrogen and oxygen atoms in total. The van der Waals surface area contributed by atoms with Crippen molar-refractivity contribution in [2.24, 2.45) is 0 Å². The Kier molecular flexibility index (Phi) is 7.23. The Hall–Kier alpha value is -2.59. The summed E-state index contributed by atoms with van der Waals surface area (Å²) in [6.45, 7) is 7.74. The van der Waals surface area contributed by atoms with E-state index >= 15 is 0 Å². The molecule has 2 aliphatic heterocycles. The van der Waals surface area contributed by atoms with Crippen molar-refractivity contribution in [1.82, 2.24) is 9.80 Å². The van der Waals surface area contributed by atoms with Crippen LogP contribution in [0.3, 0.4) is 0 Å². The number of halogens is 1. The molecule has 1 fully saturated rings. The maximum atomic E-state index is 13.2. The van der Waals surface area contributed by atoms with Gasteiger partial charge in [-0.1, -0.05) is 26.0 Å². The molecule has 0 aliphatic carbocycles. The third-order valence-corrected chi connectivity index (χ3v) is 6.81. The maximum absolute atomic E-state index is 13.2. The summed E-state index contributed by atoms with van der Waals surface area (Å²) >= 11 is 2.21. The van der Waals surface area contributed by atoms with Crippen molar-refractivity contribution >= 4 is 40.0 Å². The standard InChI is InChI=1S/C25H27IN2O5/c1-3-27(4-2)11-12-28-22(16-5-8-18(26)9-6-16)21(24(30)25(28)31)23(29)17-7-10-19-20(15-17)33-14-13-32-19/h5-10,15,22,29H,3-4,11-14H2,1-2H3/b23-21+. The van der Waals surface area contributed by atoms with Crippen LogP contribution >= 0.6 is 22.6 Å². The van der Waals surface area contributed by atoms with Gasteiger partial charge in [-0.3, -0.25) is 9.59 Å². The summed E-state index contributed by atoms with van der Waals surface area (Å²) in [4.78, 5) is 30.0. The number of carbonyl (C=O) groups excluding carboxylic acids is 2. The summed E-state index contributed by atoms with van der Waals surface area (Å²) in [5.41, 5.74) is 1.29. The van der Waals surface area contributed by atoms with Gasteiger partial charge in [0.05, 0.1) is 11.6 Å². The molecule has 1 saturated heterocycles. The number of nitrogens with zero attached hydrogens (tertiary/aromatic N) is 2. The number of benzene rings is 2. The molecule has 2 heterocycles. The number of aliphatic hydroxyl groups excluding tert-OH is 1. The lowest BCUT2D eigenvalue weighted by Gasteiger charge is -2.28. The van der Waals surface area contributed by atoms with Crippen molar-refractivity contribution in [2.75, 3.05) is 39.4 Å². The van der Waals surface area contributed by atoms with Gasteiger partial charge < -0.3 is 24.4 Å². The van der Waals surface area contributed by atoms with Gasteiger partial charge in [-0.05, 0) is 71.6 Å². The Morgan fingerprint density at radius 2 is 1.73 bits per heavy atom. The number of ketones is 1. The molecule has 1 N–H and O–H groups in total. The smallest absolute Gasteiger partial charge is 0.295 e. The fourth-order valence-corrected chi connectivity index (χ4v) is 4.60. The zero-order valence-electron chi connectivity index (χ0n) is 18.7. The number of likely N-dealkylation sites (N-methyl/N-ethyl adjacent to an activating group) is 1. The predicted molar refractivity (Wildman–Crippen MR) is 133 cm³/mol. The average molecular weight is 562 g/mol. The number of ether oxygens (including phenoxy) is 2. The first-order chi connectivity index (χ1) is 15.9. The zero-order chi connectivity index (χ0) is 23.5. The molecule has 0 bridgehead atoms. The molecule has 0 radical (unpaired) electrons. The van der Waals surface area contributed by atoms with E-state index in [1.807, 2.05) is 24.3 Å². The number of Topliss-reactive ketones (excluding diaryl/α,β-unsaturated/α-hetero) is 1. The van der Waals surface area contributed by atoms with Crippen molar-refractivity contribution in [3.8, 4) is 11.5 Å². The molecule has 0 aromatic heterocycles. The Labute approximate surface area is 207 Å². The lowest BCUT2D eigenvalue weighted by molar-refractivity contribution is -0.140. The van der Waals surface area contributed by atoms with E-state index in [1.54, 1.807) is 23.1 Å². The second kappa shape index (κ2) is 10.1. The van der Waals surface area contributed by atoms with Gasteiger partial charge in [0, 0.05) is 22.2 Å². The molecule has 2 aromatic rings. The summed E-state index contributed by atoms with van der Waals surface area (Å²) < 4.78 is 12.2. The lowest BCUT2D eigenvalue weighted by Crippen LogP contribution is -2.38. The first-order valence-electron chi connectivity index (χ1n) is 11.1. The van der Waals surface area contributed by atoms with Crippen LogP contribution in [0.15, 0.2) is 48.0 Å². The van der Waals surface area contributed by atoms with E-state index in [4.69, 9.17) is 9.47 Å². The maximum Gasteiger partial charge on any atom is 0.295 e. The normalized spacial score (nSPS) is 19.4. The largest absolute Gasteiger partial charge is 0.507 e. The van der Waals surface area contributed by atoms with Gasteiger partial charge in [0.2, 0.25) is 0 Å². The summed E-state index contributed by atoms with van der Waals surface area (Å²) in [7, 11) is 0. The molecule has 0 spiro atoms. The van der Waals surface area contributed by atoms with Crippen LogP contribution in [0, 0.1) is 3.57 Å². The first-order valence-corrected chi connectivity index (χ1v) is 12.2. The Balaban J connectivity index is 1.78. The van der Waals surface area contributed by atoms with E-state index < -0.39 is 17.7 Å². The van der Waals surface area contributed by atoms with Crippen molar-refractivity contribution in [1.29, 1.82) is 0 Å². The van der Waals surface area contributed by atoms with Gasteiger partial charge in [-0.25, -0.2) is 0 Å². The van der Waals surface area contributed by atoms with Crippen LogP contribution < -0.4 is 9.47 Å². The highest BCUT2D eigenvalue weighted by Crippen LogP contribution is 2.41. The number of carbonyl (C=O) groups is 2. The fraction of sp³-hybridized carbons (Fsp3) is 0.360. The van der Waals surface area contributed by atoms with E-state index in [1.165, 1.54) is 0 Å². The Bertz CT molecular complexity index is 1080. The summed E-state index contributed by atoms with van der Waals surface area (Å²) in [6.07, 6.45) is 0. The highest BCUT2D eigenvalue weighted by molar-refractivity contribution is 14.1. The minimum absolute atomic E-state index is 0.0948. The number of likely N-dealkylation sites (tertiary alicyclic amines) is 1. The van der Waals surface area contributed by atoms with Crippen molar-refractivity contribution < 1.29 is 24.2 Å². The topological polar surface area (TPSA) is 79.3 Å². The van der Waals surface area contributed by atoms with Gasteiger partial charge in [0.1, 0.15) is 19.0 Å². The molecular formula is C25H27IN2O5. The monoisotopic (exact) mass is 562 g/mol. The minimum Gasteiger partial charge on any atom is -0.507 e. The van der Waals surface area contributed by atoms with Crippen LogP contribution in [0.2, 0.25) is 0 Å². The summed E-state index contributed by atoms with van der Waals surface area (Å²) in [5.74, 6) is -0.381. The molecule has 1 atom stereocenters. The molecule has 8 heteroatoms. The van der Waals surface area contributed by atoms with Crippen molar-refractivity contribution in [3.05, 3.63) is 62.7 Å². The van der Waals surface area contributed by atoms with E-state index in [0.29, 0.717) is 43.4 Å². The molecule has 2 aromatic carbocycles. The van der Waals surface area contributed by atoms with Crippen LogP contribution in [0.4, 0.5) is 0 Å². The average Bonchev–Trinajstić information content (AvgIpc) is 3.09. The molecule has 174 valence electrons. The highest BCUT2D eigenvalue weighted by Gasteiger charge is 2.46. The Morgan fingerprint density at radius 1 is 1.06 bits per heavy atom. The van der Waals surface area contributed by atoms with E-state index in [-0.39, 0.29) is 11.3 Å². The molecule has 0 saturated carbocycles. The lowest BCUT2D eigenvalue weighted by atomic mass is 9.95. The number of aliphatic hydroxyl groups is 1. The van der Waals surface area contributed by atoms with Gasteiger partial charge in [0.25, 0.3) is 11.7 Å². The molecular weight excluding hydrogens is 535 g/mol. The van der Waals surface area contributed by atoms with E-state index in [2.05, 4.69) is 41.3 Å². The van der Waals surface area contributed by atoms with E-state index in [9.17, 15) is 14.7 Å². The van der Waals surface area contributed by atoms with Crippen LogP contribution in [-0.4, -0.2) is 66.0 Å². The minimum atomic E-state index is -0.675. The van der Waals surface area contributed by atoms with Gasteiger partial charge in [-0.2, -0.15) is 0 Å². The van der Waals surface area contributed by atoms with Gasteiger partial charge in [0.15, 0.2) is 11.5 Å². The molecule has 2 aliphatic rings. The summed E-state index contributed by atoms with van der Waals surface area (Å²) in [6, 6.07) is 12.1. The summed E-state index contributed by atoms with van der Waals surface area (Å²) in [5, 5.41) is 11.3. The third kappa shape index (κ3) is 4.72. The molecule has 1 amide bonds.